The highest BCUT2D eigenvalue weighted by Gasteiger charge is 2.11. The maximum Gasteiger partial charge on any atom is 0.335 e. The van der Waals surface area contributed by atoms with Crippen LogP contribution < -0.4 is 0 Å². The number of aromatic nitrogens is 4. The van der Waals surface area contributed by atoms with Crippen molar-refractivity contribution in [3.05, 3.63) is 59.5 Å². The van der Waals surface area contributed by atoms with E-state index in [0.29, 0.717) is 11.4 Å². The molecule has 0 spiro atoms. The van der Waals surface area contributed by atoms with Crippen molar-refractivity contribution in [1.29, 1.82) is 0 Å². The van der Waals surface area contributed by atoms with Crippen LogP contribution in [0.25, 0.3) is 16.9 Å². The Morgan fingerprint density at radius 3 is 2.68 bits per heavy atom. The smallest absolute Gasteiger partial charge is 0.335 e. The highest BCUT2D eigenvalue weighted by atomic mass is 16.4. The van der Waals surface area contributed by atoms with Crippen LogP contribution in [0.3, 0.4) is 0 Å². The van der Waals surface area contributed by atoms with Gasteiger partial charge in [-0.3, -0.25) is 4.98 Å². The zero-order chi connectivity index (χ0) is 15.7. The Kier molecular flexibility index (Phi) is 3.42. The van der Waals surface area contributed by atoms with E-state index in [2.05, 4.69) is 15.3 Å². The summed E-state index contributed by atoms with van der Waals surface area (Å²) < 4.78 is 1.58. The molecule has 6 heteroatoms. The zero-order valence-electron chi connectivity index (χ0n) is 12.2. The van der Waals surface area contributed by atoms with Crippen LogP contribution >= 0.6 is 0 Å². The lowest BCUT2D eigenvalue weighted by molar-refractivity contribution is 0.0697. The quantitative estimate of drug-likeness (QED) is 0.803. The summed E-state index contributed by atoms with van der Waals surface area (Å²) in [6.07, 6.45) is 3.50. The maximum absolute atomic E-state index is 11.1. The van der Waals surface area contributed by atoms with E-state index in [0.717, 1.165) is 16.8 Å². The Morgan fingerprint density at radius 1 is 1.18 bits per heavy atom. The molecule has 0 amide bonds. The summed E-state index contributed by atoms with van der Waals surface area (Å²) in [5.74, 6) is -0.968. The van der Waals surface area contributed by atoms with Gasteiger partial charge in [0.1, 0.15) is 5.69 Å². The summed E-state index contributed by atoms with van der Waals surface area (Å²) in [6, 6.07) is 8.75. The predicted molar refractivity (Wildman–Crippen MR) is 81.0 cm³/mol. The van der Waals surface area contributed by atoms with Crippen LogP contribution in [-0.2, 0) is 0 Å². The number of pyridine rings is 1. The van der Waals surface area contributed by atoms with E-state index >= 15 is 0 Å². The molecule has 0 atom stereocenters. The lowest BCUT2D eigenvalue weighted by Gasteiger charge is -2.05. The molecule has 0 saturated heterocycles. The van der Waals surface area contributed by atoms with Crippen molar-refractivity contribution in [2.45, 2.75) is 13.8 Å². The van der Waals surface area contributed by atoms with Gasteiger partial charge in [0.25, 0.3) is 0 Å². The Bertz CT molecular complexity index is 838. The number of carbonyl (C=O) groups is 1. The number of benzene rings is 1. The fourth-order valence-corrected chi connectivity index (χ4v) is 2.12. The van der Waals surface area contributed by atoms with Crippen LogP contribution in [-0.4, -0.2) is 31.1 Å². The Hall–Kier alpha value is -3.02. The number of carboxylic acid groups (broad SMARTS) is 1. The predicted octanol–water partition coefficient (Wildman–Crippen LogP) is 2.64. The van der Waals surface area contributed by atoms with Crippen molar-refractivity contribution >= 4 is 5.97 Å². The van der Waals surface area contributed by atoms with E-state index in [1.165, 1.54) is 0 Å². The molecule has 1 N–H and O–H groups in total. The summed E-state index contributed by atoms with van der Waals surface area (Å²) >= 11 is 0. The third-order valence-corrected chi connectivity index (χ3v) is 3.40. The van der Waals surface area contributed by atoms with Gasteiger partial charge in [0.05, 0.1) is 17.4 Å². The molecule has 22 heavy (non-hydrogen) atoms. The third-order valence-electron chi connectivity index (χ3n) is 3.40. The SMILES string of the molecule is Cc1ccc(-c2cn(-c3cc(C(=O)O)ccc3C)nn2)cn1. The second-order valence-electron chi connectivity index (χ2n) is 5.04. The van der Waals surface area contributed by atoms with E-state index in [1.807, 2.05) is 26.0 Å². The molecule has 1 aromatic carbocycles. The van der Waals surface area contributed by atoms with Crippen LogP contribution in [0.15, 0.2) is 42.7 Å². The van der Waals surface area contributed by atoms with Gasteiger partial charge in [-0.15, -0.1) is 5.10 Å². The summed E-state index contributed by atoms with van der Waals surface area (Å²) in [4.78, 5) is 15.3. The molecule has 0 unspecified atom stereocenters. The molecule has 0 saturated carbocycles. The summed E-state index contributed by atoms with van der Waals surface area (Å²) in [5, 5.41) is 17.3. The van der Waals surface area contributed by atoms with Crippen molar-refractivity contribution in [1.82, 2.24) is 20.0 Å². The molecule has 0 bridgehead atoms. The van der Waals surface area contributed by atoms with Crippen LogP contribution in [0, 0.1) is 13.8 Å². The molecule has 2 heterocycles. The monoisotopic (exact) mass is 294 g/mol. The van der Waals surface area contributed by atoms with E-state index in [1.54, 1.807) is 35.3 Å². The molecule has 110 valence electrons. The minimum Gasteiger partial charge on any atom is -0.478 e. The molecular weight excluding hydrogens is 280 g/mol. The van der Waals surface area contributed by atoms with Gasteiger partial charge in [-0.25, -0.2) is 9.48 Å². The fourth-order valence-electron chi connectivity index (χ4n) is 2.12. The molecule has 0 fully saturated rings. The maximum atomic E-state index is 11.1. The van der Waals surface area contributed by atoms with Gasteiger partial charge in [-0.05, 0) is 43.7 Å². The van der Waals surface area contributed by atoms with Crippen LogP contribution in [0.1, 0.15) is 21.6 Å². The standard InChI is InChI=1S/C16H14N4O2/c1-10-3-5-12(16(21)22)7-15(10)20-9-14(18-19-20)13-6-4-11(2)17-8-13/h3-9H,1-2H3,(H,21,22). The van der Waals surface area contributed by atoms with E-state index in [-0.39, 0.29) is 5.56 Å². The topological polar surface area (TPSA) is 80.9 Å². The number of hydrogen-bond acceptors (Lipinski definition) is 4. The Morgan fingerprint density at radius 2 is 2.00 bits per heavy atom. The minimum atomic E-state index is -0.968. The summed E-state index contributed by atoms with van der Waals surface area (Å²) in [7, 11) is 0. The molecular formula is C16H14N4O2. The molecule has 0 aliphatic heterocycles. The average Bonchev–Trinajstić information content (AvgIpc) is 2.98. The lowest BCUT2D eigenvalue weighted by Crippen LogP contribution is -2.02. The zero-order valence-corrected chi connectivity index (χ0v) is 12.2. The highest BCUT2D eigenvalue weighted by Crippen LogP contribution is 2.20. The lowest BCUT2D eigenvalue weighted by atomic mass is 10.1. The first kappa shape index (κ1) is 13.9. The van der Waals surface area contributed by atoms with Gasteiger partial charge in [-0.2, -0.15) is 0 Å². The van der Waals surface area contributed by atoms with Crippen LogP contribution in [0.2, 0.25) is 0 Å². The number of aryl methyl sites for hydroxylation is 2. The van der Waals surface area contributed by atoms with Gasteiger partial charge in [0, 0.05) is 17.5 Å². The van der Waals surface area contributed by atoms with Crippen LogP contribution in [0.5, 0.6) is 0 Å². The van der Waals surface area contributed by atoms with Crippen LogP contribution in [0.4, 0.5) is 0 Å². The van der Waals surface area contributed by atoms with Crippen molar-refractivity contribution in [2.75, 3.05) is 0 Å². The second-order valence-corrected chi connectivity index (χ2v) is 5.04. The van der Waals surface area contributed by atoms with Gasteiger partial charge >= 0.3 is 5.97 Å². The number of aromatic carboxylic acids is 1. The average molecular weight is 294 g/mol. The first-order valence-electron chi connectivity index (χ1n) is 6.74. The highest BCUT2D eigenvalue weighted by molar-refractivity contribution is 5.88. The number of nitrogens with zero attached hydrogens (tertiary/aromatic N) is 4. The number of rotatable bonds is 3. The number of hydrogen-bond donors (Lipinski definition) is 1. The van der Waals surface area contributed by atoms with E-state index < -0.39 is 5.97 Å². The van der Waals surface area contributed by atoms with Crippen molar-refractivity contribution in [3.63, 3.8) is 0 Å². The fraction of sp³-hybridized carbons (Fsp3) is 0.125. The number of carboxylic acids is 1. The van der Waals surface area contributed by atoms with Crippen molar-refractivity contribution in [3.8, 4) is 16.9 Å². The van der Waals surface area contributed by atoms with E-state index in [9.17, 15) is 4.79 Å². The second kappa shape index (κ2) is 5.40. The summed E-state index contributed by atoms with van der Waals surface area (Å²) in [5.41, 5.74) is 4.31. The molecule has 2 aromatic heterocycles. The van der Waals surface area contributed by atoms with E-state index in [4.69, 9.17) is 5.11 Å². The molecule has 0 aliphatic carbocycles. The normalized spacial score (nSPS) is 10.6. The van der Waals surface area contributed by atoms with Gasteiger partial charge in [0.2, 0.25) is 0 Å². The molecule has 0 aliphatic rings. The minimum absolute atomic E-state index is 0.217. The van der Waals surface area contributed by atoms with Gasteiger partial charge < -0.3 is 5.11 Å². The van der Waals surface area contributed by atoms with Gasteiger partial charge in [0.15, 0.2) is 0 Å². The Labute approximate surface area is 127 Å². The molecule has 6 nitrogen and oxygen atoms in total. The molecule has 0 radical (unpaired) electrons. The largest absolute Gasteiger partial charge is 0.478 e. The summed E-state index contributed by atoms with van der Waals surface area (Å²) in [6.45, 7) is 3.82. The molecule has 3 rings (SSSR count). The first-order chi connectivity index (χ1) is 10.5. The Balaban J connectivity index is 2.02. The van der Waals surface area contributed by atoms with Crippen molar-refractivity contribution < 1.29 is 9.90 Å². The third kappa shape index (κ3) is 2.58. The first-order valence-corrected chi connectivity index (χ1v) is 6.74. The van der Waals surface area contributed by atoms with Crippen molar-refractivity contribution in [2.24, 2.45) is 0 Å². The van der Waals surface area contributed by atoms with Gasteiger partial charge in [-0.1, -0.05) is 11.3 Å². The molecule has 3 aromatic rings.